The SMILES string of the molecule is CN(C(=O)c1ccc(C(N)=NO)cc1)c1ccc(F)cc1. The number of carbonyl (C=O) groups is 1. The molecule has 0 aliphatic heterocycles. The van der Waals surface area contributed by atoms with Crippen molar-refractivity contribution < 1.29 is 14.4 Å². The van der Waals surface area contributed by atoms with Crippen LogP contribution in [0.2, 0.25) is 0 Å². The van der Waals surface area contributed by atoms with Crippen molar-refractivity contribution in [3.05, 3.63) is 65.5 Å². The maximum atomic E-state index is 12.9. The van der Waals surface area contributed by atoms with Crippen molar-refractivity contribution in [2.24, 2.45) is 10.9 Å². The van der Waals surface area contributed by atoms with Gasteiger partial charge in [-0.3, -0.25) is 4.79 Å². The molecule has 2 aromatic carbocycles. The van der Waals surface area contributed by atoms with Gasteiger partial charge in [0, 0.05) is 23.9 Å². The number of carbonyl (C=O) groups excluding carboxylic acids is 1. The first-order chi connectivity index (χ1) is 10.0. The van der Waals surface area contributed by atoms with Gasteiger partial charge in [0.1, 0.15) is 5.82 Å². The van der Waals surface area contributed by atoms with Crippen LogP contribution in [0.4, 0.5) is 10.1 Å². The number of halogens is 1. The van der Waals surface area contributed by atoms with Gasteiger partial charge < -0.3 is 15.8 Å². The Balaban J connectivity index is 2.21. The van der Waals surface area contributed by atoms with E-state index in [-0.39, 0.29) is 17.6 Å². The lowest BCUT2D eigenvalue weighted by atomic mass is 10.1. The third-order valence-electron chi connectivity index (χ3n) is 3.05. The molecule has 0 heterocycles. The number of benzene rings is 2. The Morgan fingerprint density at radius 1 is 1.10 bits per heavy atom. The first-order valence-corrected chi connectivity index (χ1v) is 6.14. The van der Waals surface area contributed by atoms with Gasteiger partial charge >= 0.3 is 0 Å². The Morgan fingerprint density at radius 3 is 2.14 bits per heavy atom. The van der Waals surface area contributed by atoms with E-state index in [0.717, 1.165) is 0 Å². The zero-order valence-corrected chi connectivity index (χ0v) is 11.3. The summed E-state index contributed by atoms with van der Waals surface area (Å²) >= 11 is 0. The predicted octanol–water partition coefficient (Wildman–Crippen LogP) is 2.20. The molecule has 2 aromatic rings. The molecule has 0 bridgehead atoms. The monoisotopic (exact) mass is 287 g/mol. The van der Waals surface area contributed by atoms with Gasteiger partial charge in [0.25, 0.3) is 5.91 Å². The second-order valence-corrected chi connectivity index (χ2v) is 4.40. The van der Waals surface area contributed by atoms with Gasteiger partial charge in [0.15, 0.2) is 5.84 Å². The van der Waals surface area contributed by atoms with Crippen LogP contribution in [0.25, 0.3) is 0 Å². The summed E-state index contributed by atoms with van der Waals surface area (Å²) in [6.07, 6.45) is 0. The number of amides is 1. The molecule has 0 saturated heterocycles. The molecule has 0 fully saturated rings. The Bertz CT molecular complexity index is 666. The van der Waals surface area contributed by atoms with Gasteiger partial charge in [-0.25, -0.2) is 4.39 Å². The molecule has 0 radical (unpaired) electrons. The van der Waals surface area contributed by atoms with E-state index in [2.05, 4.69) is 5.16 Å². The van der Waals surface area contributed by atoms with Gasteiger partial charge in [-0.15, -0.1) is 0 Å². The van der Waals surface area contributed by atoms with Gasteiger partial charge in [-0.2, -0.15) is 0 Å². The minimum atomic E-state index is -0.359. The van der Waals surface area contributed by atoms with Gasteiger partial charge in [0.05, 0.1) is 0 Å². The molecule has 0 unspecified atom stereocenters. The number of oxime groups is 1. The normalized spacial score (nSPS) is 11.2. The van der Waals surface area contributed by atoms with E-state index >= 15 is 0 Å². The molecule has 0 aromatic heterocycles. The third kappa shape index (κ3) is 3.17. The summed E-state index contributed by atoms with van der Waals surface area (Å²) in [5.41, 5.74) is 6.99. The lowest BCUT2D eigenvalue weighted by Crippen LogP contribution is -2.26. The zero-order valence-electron chi connectivity index (χ0n) is 11.3. The van der Waals surface area contributed by atoms with Crippen molar-refractivity contribution in [3.63, 3.8) is 0 Å². The fourth-order valence-corrected chi connectivity index (χ4v) is 1.82. The molecule has 0 saturated carbocycles. The lowest BCUT2D eigenvalue weighted by molar-refractivity contribution is 0.0993. The summed E-state index contributed by atoms with van der Waals surface area (Å²) in [4.78, 5) is 13.7. The maximum absolute atomic E-state index is 12.9. The third-order valence-corrected chi connectivity index (χ3v) is 3.05. The second kappa shape index (κ2) is 6.04. The van der Waals surface area contributed by atoms with Gasteiger partial charge in [0.2, 0.25) is 0 Å². The van der Waals surface area contributed by atoms with E-state index in [4.69, 9.17) is 10.9 Å². The van der Waals surface area contributed by atoms with Crippen LogP contribution in [0.15, 0.2) is 53.7 Å². The molecule has 2 rings (SSSR count). The van der Waals surface area contributed by atoms with Crippen molar-refractivity contribution in [1.82, 2.24) is 0 Å². The van der Waals surface area contributed by atoms with Crippen LogP contribution in [-0.2, 0) is 0 Å². The molecule has 21 heavy (non-hydrogen) atoms. The summed E-state index contributed by atoms with van der Waals surface area (Å²) in [5, 5.41) is 11.5. The van der Waals surface area contributed by atoms with Crippen LogP contribution >= 0.6 is 0 Å². The van der Waals surface area contributed by atoms with E-state index in [1.165, 1.54) is 29.2 Å². The summed E-state index contributed by atoms with van der Waals surface area (Å²) in [7, 11) is 1.60. The number of anilines is 1. The summed E-state index contributed by atoms with van der Waals surface area (Å²) in [6, 6.07) is 12.0. The number of hydrogen-bond acceptors (Lipinski definition) is 3. The first-order valence-electron chi connectivity index (χ1n) is 6.14. The molecule has 1 amide bonds. The van der Waals surface area contributed by atoms with E-state index in [9.17, 15) is 9.18 Å². The van der Waals surface area contributed by atoms with Crippen LogP contribution in [-0.4, -0.2) is 24.0 Å². The topological polar surface area (TPSA) is 78.9 Å². The molecule has 108 valence electrons. The molecule has 5 nitrogen and oxygen atoms in total. The molecule has 0 atom stereocenters. The Morgan fingerprint density at radius 2 is 1.62 bits per heavy atom. The highest BCUT2D eigenvalue weighted by molar-refractivity contribution is 6.06. The number of amidine groups is 1. The maximum Gasteiger partial charge on any atom is 0.258 e. The smallest absolute Gasteiger partial charge is 0.258 e. The Hall–Kier alpha value is -2.89. The van der Waals surface area contributed by atoms with E-state index in [0.29, 0.717) is 16.8 Å². The minimum absolute atomic E-state index is 0.0270. The summed E-state index contributed by atoms with van der Waals surface area (Å²) in [5.74, 6) is -0.628. The number of rotatable bonds is 3. The highest BCUT2D eigenvalue weighted by Crippen LogP contribution is 2.16. The van der Waals surface area contributed by atoms with E-state index < -0.39 is 0 Å². The quantitative estimate of drug-likeness (QED) is 0.393. The van der Waals surface area contributed by atoms with Crippen LogP contribution in [0.3, 0.4) is 0 Å². The van der Waals surface area contributed by atoms with Crippen LogP contribution < -0.4 is 10.6 Å². The largest absolute Gasteiger partial charge is 0.409 e. The Labute approximate surface area is 121 Å². The molecule has 6 heteroatoms. The minimum Gasteiger partial charge on any atom is -0.409 e. The predicted molar refractivity (Wildman–Crippen MR) is 78.1 cm³/mol. The van der Waals surface area contributed by atoms with Crippen molar-refractivity contribution in [2.45, 2.75) is 0 Å². The lowest BCUT2D eigenvalue weighted by Gasteiger charge is -2.17. The van der Waals surface area contributed by atoms with Gasteiger partial charge in [-0.05, 0) is 36.4 Å². The Kier molecular flexibility index (Phi) is 4.18. The highest BCUT2D eigenvalue weighted by Gasteiger charge is 2.13. The van der Waals surface area contributed by atoms with Gasteiger partial charge in [-0.1, -0.05) is 17.3 Å². The fourth-order valence-electron chi connectivity index (χ4n) is 1.82. The molecule has 3 N–H and O–H groups in total. The molecule has 0 spiro atoms. The van der Waals surface area contributed by atoms with Crippen LogP contribution in [0, 0.1) is 5.82 Å². The zero-order chi connectivity index (χ0) is 15.4. The number of nitrogens with zero attached hydrogens (tertiary/aromatic N) is 2. The van der Waals surface area contributed by atoms with E-state index in [1.807, 2.05) is 0 Å². The van der Waals surface area contributed by atoms with Crippen molar-refractivity contribution in [2.75, 3.05) is 11.9 Å². The molecule has 0 aliphatic rings. The fraction of sp³-hybridized carbons (Fsp3) is 0.0667. The average Bonchev–Trinajstić information content (AvgIpc) is 2.53. The summed E-state index contributed by atoms with van der Waals surface area (Å²) < 4.78 is 12.9. The van der Waals surface area contributed by atoms with Crippen LogP contribution in [0.5, 0.6) is 0 Å². The average molecular weight is 287 g/mol. The summed E-state index contributed by atoms with van der Waals surface area (Å²) in [6.45, 7) is 0. The number of hydrogen-bond donors (Lipinski definition) is 2. The van der Waals surface area contributed by atoms with Crippen molar-refractivity contribution >= 4 is 17.4 Å². The first kappa shape index (κ1) is 14.5. The van der Waals surface area contributed by atoms with E-state index in [1.54, 1.807) is 31.3 Å². The second-order valence-electron chi connectivity index (χ2n) is 4.40. The highest BCUT2D eigenvalue weighted by atomic mass is 19.1. The molecular formula is C15H14FN3O2. The standard InChI is InChI=1S/C15H14FN3O2/c1-19(13-8-6-12(16)7-9-13)15(20)11-4-2-10(3-5-11)14(17)18-21/h2-9,21H,1H3,(H2,17,18). The van der Waals surface area contributed by atoms with Crippen LogP contribution in [0.1, 0.15) is 15.9 Å². The van der Waals surface area contributed by atoms with Crippen molar-refractivity contribution in [1.29, 1.82) is 0 Å². The number of nitrogens with two attached hydrogens (primary N) is 1. The van der Waals surface area contributed by atoms with Crippen molar-refractivity contribution in [3.8, 4) is 0 Å². The molecular weight excluding hydrogens is 273 g/mol. The molecule has 0 aliphatic carbocycles.